The van der Waals surface area contributed by atoms with Crippen LogP contribution >= 0.6 is 0 Å². The SMILES string of the molecule is CCCCN=Cc1c(C2C=CC(N(C)C)=C2)ccc2ccccc12. The lowest BCUT2D eigenvalue weighted by atomic mass is 9.91. The monoisotopic (exact) mass is 318 g/mol. The van der Waals surface area contributed by atoms with Crippen LogP contribution < -0.4 is 0 Å². The Morgan fingerprint density at radius 1 is 1.12 bits per heavy atom. The summed E-state index contributed by atoms with van der Waals surface area (Å²) in [6.07, 6.45) is 11.2. The molecule has 2 aromatic carbocycles. The Hall–Kier alpha value is -2.35. The molecule has 124 valence electrons. The van der Waals surface area contributed by atoms with E-state index in [2.05, 4.69) is 91.8 Å². The Bertz CT molecular complexity index is 797. The first-order valence-electron chi connectivity index (χ1n) is 8.79. The fourth-order valence-electron chi connectivity index (χ4n) is 3.14. The average molecular weight is 318 g/mol. The zero-order chi connectivity index (χ0) is 16.9. The Balaban J connectivity index is 2.04. The Labute approximate surface area is 145 Å². The van der Waals surface area contributed by atoms with E-state index in [0.29, 0.717) is 5.92 Å². The Morgan fingerprint density at radius 3 is 2.71 bits per heavy atom. The van der Waals surface area contributed by atoms with Crippen molar-refractivity contribution in [3.63, 3.8) is 0 Å². The molecule has 0 aliphatic heterocycles. The number of hydrogen-bond donors (Lipinski definition) is 0. The van der Waals surface area contributed by atoms with Gasteiger partial charge in [0, 0.05) is 44.0 Å². The molecule has 0 aromatic heterocycles. The summed E-state index contributed by atoms with van der Waals surface area (Å²) in [7, 11) is 4.18. The van der Waals surface area contributed by atoms with Gasteiger partial charge in [-0.25, -0.2) is 0 Å². The predicted octanol–water partition coefficient (Wildman–Crippen LogP) is 5.16. The fraction of sp³-hybridized carbons (Fsp3) is 0.318. The molecule has 0 radical (unpaired) electrons. The van der Waals surface area contributed by atoms with Crippen LogP contribution in [0, 0.1) is 0 Å². The first kappa shape index (κ1) is 16.5. The molecular weight excluding hydrogens is 292 g/mol. The summed E-state index contributed by atoms with van der Waals surface area (Å²) in [5.74, 6) is 0.319. The van der Waals surface area contributed by atoms with Crippen LogP contribution in [0.5, 0.6) is 0 Å². The molecule has 1 atom stereocenters. The van der Waals surface area contributed by atoms with E-state index in [-0.39, 0.29) is 0 Å². The van der Waals surface area contributed by atoms with Crippen molar-refractivity contribution in [3.8, 4) is 0 Å². The highest BCUT2D eigenvalue weighted by Crippen LogP contribution is 2.32. The maximum Gasteiger partial charge on any atom is 0.0389 e. The van der Waals surface area contributed by atoms with E-state index in [1.807, 2.05) is 0 Å². The number of allylic oxidation sites excluding steroid dienone is 3. The van der Waals surface area contributed by atoms with E-state index < -0.39 is 0 Å². The number of nitrogens with zero attached hydrogens (tertiary/aromatic N) is 2. The zero-order valence-corrected chi connectivity index (χ0v) is 14.9. The topological polar surface area (TPSA) is 15.6 Å². The van der Waals surface area contributed by atoms with E-state index in [9.17, 15) is 0 Å². The molecule has 0 spiro atoms. The second kappa shape index (κ2) is 7.48. The van der Waals surface area contributed by atoms with Crippen LogP contribution in [0.2, 0.25) is 0 Å². The second-order valence-corrected chi connectivity index (χ2v) is 6.55. The predicted molar refractivity (Wildman–Crippen MR) is 105 cm³/mol. The van der Waals surface area contributed by atoms with Crippen molar-refractivity contribution < 1.29 is 0 Å². The van der Waals surface area contributed by atoms with E-state index >= 15 is 0 Å². The summed E-state index contributed by atoms with van der Waals surface area (Å²) < 4.78 is 0. The molecule has 0 heterocycles. The number of benzene rings is 2. The molecule has 2 heteroatoms. The van der Waals surface area contributed by atoms with Crippen molar-refractivity contribution in [2.45, 2.75) is 25.7 Å². The van der Waals surface area contributed by atoms with Crippen molar-refractivity contribution in [1.29, 1.82) is 0 Å². The highest BCUT2D eigenvalue weighted by molar-refractivity contribution is 6.01. The molecule has 24 heavy (non-hydrogen) atoms. The van der Waals surface area contributed by atoms with E-state index in [1.54, 1.807) is 0 Å². The van der Waals surface area contributed by atoms with Gasteiger partial charge in [-0.2, -0.15) is 0 Å². The number of hydrogen-bond acceptors (Lipinski definition) is 2. The van der Waals surface area contributed by atoms with Gasteiger partial charge in [0.1, 0.15) is 0 Å². The molecule has 0 bridgehead atoms. The highest BCUT2D eigenvalue weighted by Gasteiger charge is 2.17. The van der Waals surface area contributed by atoms with Crippen LogP contribution in [0.3, 0.4) is 0 Å². The summed E-state index contributed by atoms with van der Waals surface area (Å²) in [6.45, 7) is 3.11. The third kappa shape index (κ3) is 3.43. The van der Waals surface area contributed by atoms with Gasteiger partial charge in [-0.15, -0.1) is 0 Å². The van der Waals surface area contributed by atoms with Crippen molar-refractivity contribution in [2.75, 3.05) is 20.6 Å². The quantitative estimate of drug-likeness (QED) is 0.531. The largest absolute Gasteiger partial charge is 0.378 e. The van der Waals surface area contributed by atoms with Gasteiger partial charge in [0.2, 0.25) is 0 Å². The second-order valence-electron chi connectivity index (χ2n) is 6.55. The van der Waals surface area contributed by atoms with E-state index in [1.165, 1.54) is 34.0 Å². The van der Waals surface area contributed by atoms with Gasteiger partial charge in [0.05, 0.1) is 0 Å². The van der Waals surface area contributed by atoms with Crippen molar-refractivity contribution in [3.05, 3.63) is 71.5 Å². The summed E-state index contributed by atoms with van der Waals surface area (Å²) in [4.78, 5) is 6.85. The normalized spacial score (nSPS) is 17.0. The maximum absolute atomic E-state index is 4.69. The first-order chi connectivity index (χ1) is 11.7. The van der Waals surface area contributed by atoms with Gasteiger partial charge in [-0.3, -0.25) is 4.99 Å². The third-order valence-electron chi connectivity index (χ3n) is 4.57. The standard InChI is InChI=1S/C22H26N2/c1-4-5-14-23-16-22-20-9-7-6-8-17(20)11-13-21(22)18-10-12-19(15-18)24(2)3/h6-13,15-16,18H,4-5,14H2,1-3H3. The zero-order valence-electron chi connectivity index (χ0n) is 14.9. The van der Waals surface area contributed by atoms with Crippen molar-refractivity contribution >= 4 is 17.0 Å². The molecule has 1 aliphatic carbocycles. The molecular formula is C22H26N2. The number of unbranched alkanes of at least 4 members (excludes halogenated alkanes) is 1. The Morgan fingerprint density at radius 2 is 1.96 bits per heavy atom. The smallest absolute Gasteiger partial charge is 0.0389 e. The van der Waals surface area contributed by atoms with Crippen LogP contribution in [-0.4, -0.2) is 31.8 Å². The van der Waals surface area contributed by atoms with Crippen LogP contribution in [0.25, 0.3) is 10.8 Å². The minimum absolute atomic E-state index is 0.319. The lowest BCUT2D eigenvalue weighted by Crippen LogP contribution is -2.08. The van der Waals surface area contributed by atoms with Crippen LogP contribution in [0.1, 0.15) is 36.8 Å². The number of rotatable bonds is 6. The molecule has 2 nitrogen and oxygen atoms in total. The number of fused-ring (bicyclic) bond motifs is 1. The fourth-order valence-corrected chi connectivity index (χ4v) is 3.14. The van der Waals surface area contributed by atoms with Crippen LogP contribution in [-0.2, 0) is 0 Å². The summed E-state index contributed by atoms with van der Waals surface area (Å²) in [5.41, 5.74) is 3.86. The molecule has 0 fully saturated rings. The van der Waals surface area contributed by atoms with Gasteiger partial charge in [-0.05, 0) is 34.9 Å². The van der Waals surface area contributed by atoms with Crippen LogP contribution in [0.15, 0.2) is 65.3 Å². The highest BCUT2D eigenvalue weighted by atomic mass is 15.1. The van der Waals surface area contributed by atoms with Gasteiger partial charge in [0.25, 0.3) is 0 Å². The van der Waals surface area contributed by atoms with Gasteiger partial charge in [0.15, 0.2) is 0 Å². The average Bonchev–Trinajstić information content (AvgIpc) is 3.09. The molecule has 3 rings (SSSR count). The van der Waals surface area contributed by atoms with Gasteiger partial charge >= 0.3 is 0 Å². The number of likely N-dealkylation sites (N-methyl/N-ethyl adjacent to an activating group) is 1. The number of aliphatic imine (C=N–C) groups is 1. The molecule has 0 saturated carbocycles. The van der Waals surface area contributed by atoms with Crippen LogP contribution in [0.4, 0.5) is 0 Å². The van der Waals surface area contributed by atoms with Crippen molar-refractivity contribution in [1.82, 2.24) is 4.90 Å². The molecule has 0 saturated heterocycles. The van der Waals surface area contributed by atoms with Gasteiger partial charge < -0.3 is 4.90 Å². The summed E-state index contributed by atoms with van der Waals surface area (Å²) in [6, 6.07) is 13.1. The lowest BCUT2D eigenvalue weighted by Gasteiger charge is -2.14. The van der Waals surface area contributed by atoms with E-state index in [4.69, 9.17) is 0 Å². The maximum atomic E-state index is 4.69. The minimum Gasteiger partial charge on any atom is -0.378 e. The van der Waals surface area contributed by atoms with E-state index in [0.717, 1.165) is 13.0 Å². The lowest BCUT2D eigenvalue weighted by molar-refractivity contribution is 0.530. The first-order valence-corrected chi connectivity index (χ1v) is 8.79. The molecule has 2 aromatic rings. The summed E-state index contributed by atoms with van der Waals surface area (Å²) >= 11 is 0. The summed E-state index contributed by atoms with van der Waals surface area (Å²) in [5, 5.41) is 2.56. The molecule has 0 amide bonds. The molecule has 1 unspecified atom stereocenters. The molecule has 1 aliphatic rings. The third-order valence-corrected chi connectivity index (χ3v) is 4.57. The Kier molecular flexibility index (Phi) is 5.14. The van der Waals surface area contributed by atoms with Crippen molar-refractivity contribution in [2.24, 2.45) is 4.99 Å². The van der Waals surface area contributed by atoms with Gasteiger partial charge in [-0.1, -0.05) is 55.8 Å². The minimum atomic E-state index is 0.319. The molecule has 0 N–H and O–H groups in total.